The molecule has 160 valence electrons. The van der Waals surface area contributed by atoms with Crippen LogP contribution >= 0.6 is 11.6 Å². The second-order valence-corrected chi connectivity index (χ2v) is 7.04. The number of halogens is 2. The number of ether oxygens (including phenoxy) is 3. The average molecular weight is 436 g/mol. The summed E-state index contributed by atoms with van der Waals surface area (Å²) >= 11 is 5.86. The summed E-state index contributed by atoms with van der Waals surface area (Å²) in [5, 5.41) is 5.68. The van der Waals surface area contributed by atoms with E-state index < -0.39 is 11.7 Å². The van der Waals surface area contributed by atoms with Crippen molar-refractivity contribution < 1.29 is 23.4 Å². The molecule has 0 unspecified atom stereocenters. The summed E-state index contributed by atoms with van der Waals surface area (Å²) in [6.07, 6.45) is 1.87. The number of nitrogens with one attached hydrogen (secondary N) is 2. The van der Waals surface area contributed by atoms with Crippen molar-refractivity contribution in [2.24, 2.45) is 4.99 Å². The third kappa shape index (κ3) is 5.84. The maximum Gasteiger partial charge on any atom is 0.258 e. The summed E-state index contributed by atoms with van der Waals surface area (Å²) in [4.78, 5) is 17.3. The Morgan fingerprint density at radius 3 is 2.57 bits per heavy atom. The molecule has 1 fully saturated rings. The summed E-state index contributed by atoms with van der Waals surface area (Å²) < 4.78 is 29.5. The Labute approximate surface area is 179 Å². The summed E-state index contributed by atoms with van der Waals surface area (Å²) in [6, 6.07) is 9.00. The van der Waals surface area contributed by atoms with Crippen LogP contribution in [0.3, 0.4) is 0 Å². The van der Waals surface area contributed by atoms with Crippen LogP contribution in [0.1, 0.15) is 23.2 Å². The molecule has 3 rings (SSSR count). The van der Waals surface area contributed by atoms with Crippen molar-refractivity contribution in [3.05, 3.63) is 52.8 Å². The summed E-state index contributed by atoms with van der Waals surface area (Å²) in [5.41, 5.74) is 0.811. The number of aliphatic imine (C=N–C) groups is 1. The number of guanidine groups is 1. The van der Waals surface area contributed by atoms with Crippen molar-refractivity contribution in [1.82, 2.24) is 5.32 Å². The lowest BCUT2D eigenvalue weighted by Crippen LogP contribution is -2.36. The average Bonchev–Trinajstić information content (AvgIpc) is 3.27. The predicted molar refractivity (Wildman–Crippen MR) is 113 cm³/mol. The van der Waals surface area contributed by atoms with Gasteiger partial charge in [-0.2, -0.15) is 0 Å². The number of anilines is 1. The third-order valence-electron chi connectivity index (χ3n) is 4.50. The molecule has 0 bridgehead atoms. The van der Waals surface area contributed by atoms with Gasteiger partial charge in [0, 0.05) is 23.9 Å². The largest absolute Gasteiger partial charge is 0.497 e. The number of hydrogen-bond donors (Lipinski definition) is 2. The second-order valence-electron chi connectivity index (χ2n) is 6.63. The monoisotopic (exact) mass is 435 g/mol. The number of rotatable bonds is 6. The standard InChI is InChI=1S/C21H23ClFN3O4/c1-28-16-8-13(9-17(11-16)29-2)20(27)26-21(24-12-15-4-3-7-30-15)25-14-5-6-19(23)18(22)10-14/h5-6,8-11,15H,3-4,7,12H2,1-2H3,(H2,24,25,26,27)/t15-/m0/s1. The minimum absolute atomic E-state index is 0.00702. The molecular formula is C21H23ClFN3O4. The first kappa shape index (κ1) is 21.9. The predicted octanol–water partition coefficient (Wildman–Crippen LogP) is 3.87. The van der Waals surface area contributed by atoms with Crippen molar-refractivity contribution in [1.29, 1.82) is 0 Å². The fourth-order valence-corrected chi connectivity index (χ4v) is 3.10. The first-order valence-electron chi connectivity index (χ1n) is 9.41. The third-order valence-corrected chi connectivity index (χ3v) is 4.79. The molecule has 1 atom stereocenters. The Balaban J connectivity index is 1.81. The Kier molecular flexibility index (Phi) is 7.48. The lowest BCUT2D eigenvalue weighted by Gasteiger charge is -2.14. The lowest BCUT2D eigenvalue weighted by molar-refractivity contribution is 0.0975. The van der Waals surface area contributed by atoms with Crippen LogP contribution in [-0.4, -0.2) is 45.3 Å². The molecule has 1 aliphatic rings. The topological polar surface area (TPSA) is 81.2 Å². The minimum atomic E-state index is -0.535. The van der Waals surface area contributed by atoms with Gasteiger partial charge in [0.1, 0.15) is 17.3 Å². The van der Waals surface area contributed by atoms with Crippen molar-refractivity contribution in [3.8, 4) is 11.5 Å². The number of nitrogens with zero attached hydrogens (tertiary/aromatic N) is 1. The summed E-state index contributed by atoms with van der Waals surface area (Å²) in [5.74, 6) is 0.206. The van der Waals surface area contributed by atoms with E-state index in [9.17, 15) is 9.18 Å². The molecule has 0 aliphatic carbocycles. The van der Waals surface area contributed by atoms with Crippen LogP contribution in [0.25, 0.3) is 0 Å². The Morgan fingerprint density at radius 2 is 1.97 bits per heavy atom. The van der Waals surface area contributed by atoms with Crippen molar-refractivity contribution >= 4 is 29.2 Å². The number of carbonyl (C=O) groups excluding carboxylic acids is 1. The van der Waals surface area contributed by atoms with Gasteiger partial charge < -0.3 is 19.5 Å². The van der Waals surface area contributed by atoms with Gasteiger partial charge in [-0.25, -0.2) is 9.38 Å². The number of benzene rings is 2. The van der Waals surface area contributed by atoms with E-state index >= 15 is 0 Å². The summed E-state index contributed by atoms with van der Waals surface area (Å²) in [7, 11) is 3.01. The van der Waals surface area contributed by atoms with E-state index in [0.717, 1.165) is 12.8 Å². The van der Waals surface area contributed by atoms with Crippen molar-refractivity contribution in [2.45, 2.75) is 18.9 Å². The molecule has 2 N–H and O–H groups in total. The van der Waals surface area contributed by atoms with E-state index in [1.165, 1.54) is 32.4 Å². The molecule has 1 heterocycles. The maximum absolute atomic E-state index is 13.5. The molecule has 2 aromatic rings. The minimum Gasteiger partial charge on any atom is -0.497 e. The van der Waals surface area contributed by atoms with Gasteiger partial charge in [-0.1, -0.05) is 11.6 Å². The van der Waals surface area contributed by atoms with Gasteiger partial charge in [-0.3, -0.25) is 10.1 Å². The van der Waals surface area contributed by atoms with Gasteiger partial charge in [0.2, 0.25) is 5.96 Å². The van der Waals surface area contributed by atoms with Gasteiger partial charge >= 0.3 is 0 Å². The van der Waals surface area contributed by atoms with Gasteiger partial charge in [0.25, 0.3) is 5.91 Å². The smallest absolute Gasteiger partial charge is 0.258 e. The van der Waals surface area contributed by atoms with E-state index in [1.807, 2.05) is 0 Å². The van der Waals surface area contributed by atoms with Crippen molar-refractivity contribution in [3.63, 3.8) is 0 Å². The highest BCUT2D eigenvalue weighted by molar-refractivity contribution is 6.31. The zero-order valence-electron chi connectivity index (χ0n) is 16.7. The van der Waals surface area contributed by atoms with E-state index in [-0.39, 0.29) is 17.1 Å². The van der Waals surface area contributed by atoms with Crippen LogP contribution in [-0.2, 0) is 4.74 Å². The molecule has 7 nitrogen and oxygen atoms in total. The van der Waals surface area contributed by atoms with Gasteiger partial charge in [0.05, 0.1) is 31.9 Å². The Morgan fingerprint density at radius 1 is 1.23 bits per heavy atom. The van der Waals surface area contributed by atoms with Crippen LogP contribution in [0.5, 0.6) is 11.5 Å². The normalized spacial score (nSPS) is 16.3. The van der Waals surface area contributed by atoms with Crippen LogP contribution < -0.4 is 20.1 Å². The van der Waals surface area contributed by atoms with Crippen LogP contribution in [0.2, 0.25) is 5.02 Å². The number of hydrogen-bond acceptors (Lipinski definition) is 5. The molecule has 0 aromatic heterocycles. The van der Waals surface area contributed by atoms with E-state index in [2.05, 4.69) is 15.6 Å². The van der Waals surface area contributed by atoms with E-state index in [1.54, 1.807) is 18.2 Å². The highest BCUT2D eigenvalue weighted by atomic mass is 35.5. The molecule has 9 heteroatoms. The molecule has 0 radical (unpaired) electrons. The van der Waals surface area contributed by atoms with Gasteiger partial charge in [0.15, 0.2) is 0 Å². The highest BCUT2D eigenvalue weighted by Crippen LogP contribution is 2.23. The van der Waals surface area contributed by atoms with Crippen LogP contribution in [0.4, 0.5) is 10.1 Å². The molecule has 0 saturated carbocycles. The molecular weight excluding hydrogens is 413 g/mol. The molecule has 2 aromatic carbocycles. The Bertz CT molecular complexity index is 910. The molecule has 0 spiro atoms. The quantitative estimate of drug-likeness (QED) is 0.531. The van der Waals surface area contributed by atoms with Crippen LogP contribution in [0.15, 0.2) is 41.4 Å². The number of carbonyl (C=O) groups is 1. The number of methoxy groups -OCH3 is 2. The lowest BCUT2D eigenvalue weighted by atomic mass is 10.2. The SMILES string of the molecule is COc1cc(OC)cc(C(=O)NC(=NC[C@@H]2CCCO2)Nc2ccc(F)c(Cl)c2)c1. The molecule has 1 amide bonds. The van der Waals surface area contributed by atoms with Gasteiger partial charge in [-0.05, 0) is 43.2 Å². The maximum atomic E-state index is 13.5. The zero-order chi connectivity index (χ0) is 21.5. The van der Waals surface area contributed by atoms with Crippen molar-refractivity contribution in [2.75, 3.05) is 32.7 Å². The molecule has 30 heavy (non-hydrogen) atoms. The van der Waals surface area contributed by atoms with E-state index in [0.29, 0.717) is 35.9 Å². The van der Waals surface area contributed by atoms with Crippen LogP contribution in [0, 0.1) is 5.82 Å². The van der Waals surface area contributed by atoms with E-state index in [4.69, 9.17) is 25.8 Å². The number of amides is 1. The second kappa shape index (κ2) is 10.3. The highest BCUT2D eigenvalue weighted by Gasteiger charge is 2.17. The molecule has 1 saturated heterocycles. The summed E-state index contributed by atoms with van der Waals surface area (Å²) in [6.45, 7) is 1.07. The fourth-order valence-electron chi connectivity index (χ4n) is 2.92. The first-order chi connectivity index (χ1) is 14.5. The fraction of sp³-hybridized carbons (Fsp3) is 0.333. The van der Waals surface area contributed by atoms with Gasteiger partial charge in [-0.15, -0.1) is 0 Å². The molecule has 1 aliphatic heterocycles. The first-order valence-corrected chi connectivity index (χ1v) is 9.79. The zero-order valence-corrected chi connectivity index (χ0v) is 17.5. The Hall–Kier alpha value is -2.84.